The first kappa shape index (κ1) is 70.5. The predicted molar refractivity (Wildman–Crippen MR) is 237 cm³/mol. The van der Waals surface area contributed by atoms with Crippen LogP contribution in [0.25, 0.3) is 0 Å². The number of nitrogen functional groups attached to an aromatic ring is 1. The summed E-state index contributed by atoms with van der Waals surface area (Å²) in [4.78, 5) is 61.1. The summed E-state index contributed by atoms with van der Waals surface area (Å²) >= 11 is 9.53. The van der Waals surface area contributed by atoms with Crippen LogP contribution < -0.4 is 11.1 Å². The fraction of sp³-hybridized carbons (Fsp3) is 0.195. The third kappa shape index (κ3) is 15.5. The van der Waals surface area contributed by atoms with Crippen LogP contribution in [0.1, 0.15) is 53.3 Å². The standard InChI is InChI=1S/C17H6BrF11N2O3.C10H4BrF10N.C7H3ClFNO3.C7H4FNO4/c18-9-5-6(14(20,16(24,25)26)17(27,28)29)4-8(15(21,22)23)12(9)30-13(32)7-2-1-3-10(11(7)19)31(33)34;11-5-2-3(1-4(6(5)22)8(13,14)15)7(12,9(16,17)18)10(19,20)21;8-7(11)4-2-1-3-5(6(4)9)10(12)13;8-6-4(7(10)11)2-1-3-5(6)9(12)13/h1-5H,(H,30,32);1-2H,22H2;1-3H;1-3H,(H,10,11). The number of aromatic carboxylic acids is 1. The Kier molecular flexibility index (Phi) is 21.7. The molecule has 0 atom stereocenters. The van der Waals surface area contributed by atoms with Gasteiger partial charge < -0.3 is 16.2 Å². The molecule has 1 amide bonds. The molecule has 0 saturated heterocycles. The molecule has 5 rings (SSSR count). The maximum absolute atomic E-state index is 14.3. The molecule has 0 unspecified atom stereocenters. The number of amides is 1. The highest BCUT2D eigenvalue weighted by Crippen LogP contribution is 2.57. The van der Waals surface area contributed by atoms with Crippen LogP contribution in [0.5, 0.6) is 0 Å². The number of benzene rings is 5. The smallest absolute Gasteiger partial charge is 0.435 e. The maximum Gasteiger partial charge on any atom is 0.435 e. The summed E-state index contributed by atoms with van der Waals surface area (Å²) in [6.07, 6.45) is -37.6. The van der Waals surface area contributed by atoms with Crippen LogP contribution in [0.4, 0.5) is 129 Å². The minimum Gasteiger partial charge on any atom is -0.478 e. The third-order valence-corrected chi connectivity index (χ3v) is 11.1. The van der Waals surface area contributed by atoms with E-state index in [0.717, 1.165) is 36.4 Å². The van der Waals surface area contributed by atoms with Gasteiger partial charge in [-0.15, -0.1) is 0 Å². The van der Waals surface area contributed by atoms with E-state index < -0.39 is 186 Å². The Bertz CT molecular complexity index is 3130. The quantitative estimate of drug-likeness (QED) is 0.0412. The lowest BCUT2D eigenvalue weighted by Gasteiger charge is -2.31. The van der Waals surface area contributed by atoms with Gasteiger partial charge in [0, 0.05) is 38.3 Å². The van der Waals surface area contributed by atoms with Crippen molar-refractivity contribution in [1.82, 2.24) is 0 Å². The number of alkyl halides is 20. The summed E-state index contributed by atoms with van der Waals surface area (Å²) < 4.78 is 297. The number of hydrogen-bond acceptors (Lipinski definition) is 10. The molecule has 0 aromatic heterocycles. The van der Waals surface area contributed by atoms with Gasteiger partial charge in [0.05, 0.1) is 48.4 Å². The second-order valence-corrected chi connectivity index (χ2v) is 16.9. The number of anilines is 2. The summed E-state index contributed by atoms with van der Waals surface area (Å²) in [5.41, 5.74) is -24.3. The van der Waals surface area contributed by atoms with Gasteiger partial charge in [0.15, 0.2) is 0 Å². The molecule has 0 heterocycles. The van der Waals surface area contributed by atoms with E-state index in [4.69, 9.17) is 22.4 Å². The van der Waals surface area contributed by atoms with Gasteiger partial charge in [-0.05, 0) is 85.9 Å². The lowest BCUT2D eigenvalue weighted by Crippen LogP contribution is -2.50. The van der Waals surface area contributed by atoms with Crippen molar-refractivity contribution in [1.29, 1.82) is 0 Å². The van der Waals surface area contributed by atoms with Crippen LogP contribution in [0, 0.1) is 47.8 Å². The number of nitro benzene ring substituents is 3. The van der Waals surface area contributed by atoms with E-state index >= 15 is 0 Å². The minimum absolute atomic E-state index is 0.0917. The number of carbonyl (C=O) groups is 3. The summed E-state index contributed by atoms with van der Waals surface area (Å²) in [5, 5.41) is 39.9. The Hall–Kier alpha value is -7.65. The number of nitrogens with two attached hydrogens (primary N) is 1. The number of halogens is 26. The van der Waals surface area contributed by atoms with Crippen molar-refractivity contribution in [3.8, 4) is 0 Å². The zero-order chi connectivity index (χ0) is 64.2. The van der Waals surface area contributed by atoms with Crippen molar-refractivity contribution in [2.75, 3.05) is 11.1 Å². The van der Waals surface area contributed by atoms with E-state index in [2.05, 4.69) is 31.9 Å². The van der Waals surface area contributed by atoms with Crippen molar-refractivity contribution >= 4 is 89.0 Å². The average molecular weight is 1370 g/mol. The van der Waals surface area contributed by atoms with Gasteiger partial charge in [-0.1, -0.05) is 18.2 Å². The highest BCUT2D eigenvalue weighted by molar-refractivity contribution is 9.11. The molecule has 4 N–H and O–H groups in total. The van der Waals surface area contributed by atoms with E-state index in [0.29, 0.717) is 12.1 Å². The Morgan fingerprint density at radius 1 is 0.500 bits per heavy atom. The van der Waals surface area contributed by atoms with E-state index in [1.165, 1.54) is 11.4 Å². The number of carboxylic acid groups (broad SMARTS) is 1. The number of nitro groups is 3. The minimum atomic E-state index is -6.73. The van der Waals surface area contributed by atoms with Gasteiger partial charge in [-0.25, -0.2) is 13.6 Å². The molecule has 41 heteroatoms. The highest BCUT2D eigenvalue weighted by Gasteiger charge is 2.75. The van der Waals surface area contributed by atoms with E-state index in [1.807, 2.05) is 0 Å². The molecule has 0 bridgehead atoms. The second kappa shape index (κ2) is 25.2. The molecule has 0 spiro atoms. The number of nitrogens with one attached hydrogen (secondary N) is 1. The van der Waals surface area contributed by atoms with Gasteiger partial charge in [0.25, 0.3) is 11.1 Å². The molecule has 5 aromatic carbocycles. The van der Waals surface area contributed by atoms with Crippen LogP contribution in [-0.4, -0.2) is 61.7 Å². The molecule has 0 saturated carbocycles. The SMILES string of the molecule is Nc1c(Br)cc(C(F)(C(F)(F)F)C(F)(F)F)cc1C(F)(F)F.O=C(Cl)c1cccc([N+](=O)[O-])c1F.O=C(Nc1c(Br)cc(C(F)(C(F)(F)F)C(F)(F)F)cc1C(F)(F)F)c1cccc([N+](=O)[O-])c1F.O=C(O)c1cccc([N+](=O)[O-])c1F. The van der Waals surface area contributed by atoms with Gasteiger partial charge in [0.2, 0.25) is 17.5 Å². The monoisotopic (exact) mass is 1370 g/mol. The number of hydrogen-bond donors (Lipinski definition) is 3. The zero-order valence-corrected chi connectivity index (χ0v) is 41.8. The molecule has 0 aliphatic rings. The van der Waals surface area contributed by atoms with Crippen LogP contribution in [-0.2, 0) is 23.7 Å². The number of rotatable bonds is 9. The summed E-state index contributed by atoms with van der Waals surface area (Å²) in [6, 6.07) is 6.39. The zero-order valence-electron chi connectivity index (χ0n) is 37.9. The largest absolute Gasteiger partial charge is 0.478 e. The topological polar surface area (TPSA) is 239 Å². The Morgan fingerprint density at radius 3 is 1.12 bits per heavy atom. The van der Waals surface area contributed by atoms with Crippen LogP contribution in [0.15, 0.2) is 87.8 Å². The van der Waals surface area contributed by atoms with Gasteiger partial charge in [-0.2, -0.15) is 92.2 Å². The first-order valence-corrected chi connectivity index (χ1v) is 21.6. The van der Waals surface area contributed by atoms with Crippen molar-refractivity contribution in [2.24, 2.45) is 0 Å². The van der Waals surface area contributed by atoms with Crippen molar-refractivity contribution in [3.05, 3.63) is 175 Å². The van der Waals surface area contributed by atoms with Crippen molar-refractivity contribution < 1.29 is 135 Å². The molecule has 0 aliphatic heterocycles. The van der Waals surface area contributed by atoms with Gasteiger partial charge in [0.1, 0.15) is 5.56 Å². The van der Waals surface area contributed by atoms with Crippen LogP contribution in [0.2, 0.25) is 0 Å². The highest BCUT2D eigenvalue weighted by atomic mass is 79.9. The van der Waals surface area contributed by atoms with E-state index in [-0.39, 0.29) is 12.1 Å². The van der Waals surface area contributed by atoms with Crippen LogP contribution >= 0.6 is 43.5 Å². The number of carboxylic acids is 1. The Labute approximate surface area is 457 Å². The molecule has 5 aromatic rings. The average Bonchev–Trinajstić information content (AvgIpc) is 3.30. The van der Waals surface area contributed by atoms with Crippen LogP contribution in [0.3, 0.4) is 0 Å². The molecular weight excluding hydrogens is 1350 g/mol. The normalized spacial score (nSPS) is 12.3. The maximum atomic E-state index is 14.3. The van der Waals surface area contributed by atoms with E-state index in [1.54, 1.807) is 0 Å². The molecule has 15 nitrogen and oxygen atoms in total. The fourth-order valence-electron chi connectivity index (χ4n) is 5.84. The number of carbonyl (C=O) groups excluding carboxylic acids is 2. The number of nitrogens with zero attached hydrogens (tertiary/aromatic N) is 3. The first-order valence-electron chi connectivity index (χ1n) is 19.6. The van der Waals surface area contributed by atoms with Gasteiger partial charge >= 0.3 is 71.4 Å². The first-order chi connectivity index (χ1) is 36.8. The van der Waals surface area contributed by atoms with Crippen molar-refractivity contribution in [2.45, 2.75) is 48.4 Å². The molecule has 0 fully saturated rings. The molecule has 448 valence electrons. The predicted octanol–water partition coefficient (Wildman–Crippen LogP) is 15.9. The van der Waals surface area contributed by atoms with Gasteiger partial charge in [-0.3, -0.25) is 39.9 Å². The van der Waals surface area contributed by atoms with Crippen molar-refractivity contribution in [3.63, 3.8) is 0 Å². The molecule has 0 radical (unpaired) electrons. The second-order valence-electron chi connectivity index (χ2n) is 14.8. The summed E-state index contributed by atoms with van der Waals surface area (Å²) in [6.45, 7) is 0. The lowest BCUT2D eigenvalue weighted by molar-refractivity contribution is -0.387. The third-order valence-electron chi connectivity index (χ3n) is 9.64. The summed E-state index contributed by atoms with van der Waals surface area (Å²) in [5.74, 6) is -7.62. The van der Waals surface area contributed by atoms with E-state index in [9.17, 15) is 146 Å². The Balaban J connectivity index is 0.000000407. The molecular formula is C41H17Br2ClF23N5O10. The summed E-state index contributed by atoms with van der Waals surface area (Å²) in [7, 11) is 0. The molecule has 82 heavy (non-hydrogen) atoms. The Morgan fingerprint density at radius 2 is 0.805 bits per heavy atom. The molecule has 0 aliphatic carbocycles. The fourth-order valence-corrected chi connectivity index (χ4v) is 7.00. The lowest BCUT2D eigenvalue weighted by atomic mass is 9.92.